The first-order chi connectivity index (χ1) is 8.25. The van der Waals surface area contributed by atoms with Gasteiger partial charge in [0.2, 0.25) is 0 Å². The first kappa shape index (κ1) is 11.8. The normalized spacial score (nSPS) is 10.7. The van der Waals surface area contributed by atoms with Crippen LogP contribution >= 0.6 is 0 Å². The Morgan fingerprint density at radius 1 is 1.41 bits per heavy atom. The molecule has 2 rings (SSSR count). The van der Waals surface area contributed by atoms with Crippen LogP contribution in [-0.4, -0.2) is 21.3 Å². The summed E-state index contributed by atoms with van der Waals surface area (Å²) in [6.07, 6.45) is 6.78. The molecule has 0 amide bonds. The van der Waals surface area contributed by atoms with E-state index in [1.165, 1.54) is 11.1 Å². The van der Waals surface area contributed by atoms with Gasteiger partial charge in [0.05, 0.1) is 5.69 Å². The molecule has 1 N–H and O–H groups in total. The maximum Gasteiger partial charge on any atom is 0.0638 e. The molecular weight excluding hydrogens is 212 g/mol. The van der Waals surface area contributed by atoms with E-state index in [9.17, 15) is 0 Å². The summed E-state index contributed by atoms with van der Waals surface area (Å²) in [4.78, 5) is 4.10. The Balaban J connectivity index is 1.75. The van der Waals surface area contributed by atoms with Crippen molar-refractivity contribution in [3.8, 4) is 0 Å². The molecular formula is C13H18N4. The summed E-state index contributed by atoms with van der Waals surface area (Å²) in [5, 5.41) is 7.74. The van der Waals surface area contributed by atoms with Crippen LogP contribution in [0.15, 0.2) is 30.7 Å². The highest BCUT2D eigenvalue weighted by atomic mass is 15.2. The summed E-state index contributed by atoms with van der Waals surface area (Å²) in [7, 11) is 1.95. The first-order valence-electron chi connectivity index (χ1n) is 5.84. The van der Waals surface area contributed by atoms with Crippen LogP contribution in [0.25, 0.3) is 0 Å². The van der Waals surface area contributed by atoms with Gasteiger partial charge in [0.1, 0.15) is 0 Å². The third-order valence-electron chi connectivity index (χ3n) is 2.74. The Morgan fingerprint density at radius 2 is 2.29 bits per heavy atom. The fraction of sp³-hybridized carbons (Fsp3) is 0.385. The Labute approximate surface area is 102 Å². The molecule has 17 heavy (non-hydrogen) atoms. The number of rotatable bonds is 5. The number of hydrogen-bond donors (Lipinski definition) is 1. The quantitative estimate of drug-likeness (QED) is 0.791. The van der Waals surface area contributed by atoms with Gasteiger partial charge in [-0.2, -0.15) is 5.10 Å². The summed E-state index contributed by atoms with van der Waals surface area (Å²) in [5.74, 6) is 0. The molecule has 0 aromatic carbocycles. The molecule has 0 bridgehead atoms. The molecule has 0 spiro atoms. The van der Waals surface area contributed by atoms with Gasteiger partial charge in [0.25, 0.3) is 0 Å². The molecule has 0 aliphatic heterocycles. The number of nitrogens with zero attached hydrogens (tertiary/aromatic N) is 3. The first-order valence-corrected chi connectivity index (χ1v) is 5.84. The minimum Gasteiger partial charge on any atom is -0.312 e. The standard InChI is InChI=1S/C13H18N4/c1-11-13(10-17(2)16-11)9-15-7-5-12-4-3-6-14-8-12/h3-4,6,8,10,15H,5,7,9H2,1-2H3. The number of hydrogen-bond acceptors (Lipinski definition) is 3. The van der Waals surface area contributed by atoms with E-state index in [2.05, 4.69) is 27.7 Å². The van der Waals surface area contributed by atoms with Crippen molar-refractivity contribution in [1.82, 2.24) is 20.1 Å². The Bertz CT molecular complexity index is 462. The molecule has 0 radical (unpaired) electrons. The number of aromatic nitrogens is 3. The van der Waals surface area contributed by atoms with Crippen molar-refractivity contribution < 1.29 is 0 Å². The van der Waals surface area contributed by atoms with E-state index in [-0.39, 0.29) is 0 Å². The molecule has 2 aromatic heterocycles. The number of aryl methyl sites for hydroxylation is 2. The van der Waals surface area contributed by atoms with E-state index in [1.54, 1.807) is 6.20 Å². The second-order valence-electron chi connectivity index (χ2n) is 4.20. The topological polar surface area (TPSA) is 42.7 Å². The second-order valence-corrected chi connectivity index (χ2v) is 4.20. The zero-order chi connectivity index (χ0) is 12.1. The summed E-state index contributed by atoms with van der Waals surface area (Å²) >= 11 is 0. The van der Waals surface area contributed by atoms with Gasteiger partial charge in [-0.05, 0) is 31.5 Å². The fourth-order valence-corrected chi connectivity index (χ4v) is 1.82. The van der Waals surface area contributed by atoms with Crippen molar-refractivity contribution in [3.63, 3.8) is 0 Å². The Kier molecular flexibility index (Phi) is 3.88. The zero-order valence-corrected chi connectivity index (χ0v) is 10.3. The van der Waals surface area contributed by atoms with E-state index in [0.717, 1.165) is 25.2 Å². The van der Waals surface area contributed by atoms with Crippen LogP contribution in [0.2, 0.25) is 0 Å². The van der Waals surface area contributed by atoms with Crippen LogP contribution in [-0.2, 0) is 20.0 Å². The SMILES string of the molecule is Cc1nn(C)cc1CNCCc1cccnc1. The Hall–Kier alpha value is -1.68. The number of nitrogens with one attached hydrogen (secondary N) is 1. The van der Waals surface area contributed by atoms with Gasteiger partial charge in [0, 0.05) is 37.7 Å². The average molecular weight is 230 g/mol. The molecule has 0 aliphatic rings. The third kappa shape index (κ3) is 3.39. The van der Waals surface area contributed by atoms with Gasteiger partial charge >= 0.3 is 0 Å². The molecule has 0 atom stereocenters. The largest absolute Gasteiger partial charge is 0.312 e. The smallest absolute Gasteiger partial charge is 0.0638 e. The third-order valence-corrected chi connectivity index (χ3v) is 2.74. The minimum absolute atomic E-state index is 0.875. The van der Waals surface area contributed by atoms with Crippen molar-refractivity contribution in [2.45, 2.75) is 19.9 Å². The molecule has 0 unspecified atom stereocenters. The lowest BCUT2D eigenvalue weighted by atomic mass is 10.2. The van der Waals surface area contributed by atoms with Crippen LogP contribution in [0, 0.1) is 6.92 Å². The van der Waals surface area contributed by atoms with Crippen molar-refractivity contribution >= 4 is 0 Å². The highest BCUT2D eigenvalue weighted by molar-refractivity contribution is 5.15. The second kappa shape index (κ2) is 5.59. The van der Waals surface area contributed by atoms with E-state index in [0.29, 0.717) is 0 Å². The monoisotopic (exact) mass is 230 g/mol. The van der Waals surface area contributed by atoms with Crippen molar-refractivity contribution in [3.05, 3.63) is 47.5 Å². The molecule has 0 saturated carbocycles. The predicted octanol–water partition coefficient (Wildman–Crippen LogP) is 1.46. The average Bonchev–Trinajstić information content (AvgIpc) is 2.65. The van der Waals surface area contributed by atoms with E-state index in [1.807, 2.05) is 30.9 Å². The van der Waals surface area contributed by atoms with Gasteiger partial charge in [-0.3, -0.25) is 9.67 Å². The molecule has 2 heterocycles. The van der Waals surface area contributed by atoms with Gasteiger partial charge in [-0.15, -0.1) is 0 Å². The summed E-state index contributed by atoms with van der Waals surface area (Å²) in [6.45, 7) is 3.87. The minimum atomic E-state index is 0.875. The molecule has 4 nitrogen and oxygen atoms in total. The predicted molar refractivity (Wildman–Crippen MR) is 67.6 cm³/mol. The molecule has 4 heteroatoms. The molecule has 2 aromatic rings. The van der Waals surface area contributed by atoms with E-state index in [4.69, 9.17) is 0 Å². The van der Waals surface area contributed by atoms with Crippen LogP contribution in [0.1, 0.15) is 16.8 Å². The van der Waals surface area contributed by atoms with E-state index < -0.39 is 0 Å². The van der Waals surface area contributed by atoms with Gasteiger partial charge < -0.3 is 5.32 Å². The lowest BCUT2D eigenvalue weighted by Gasteiger charge is -2.03. The lowest BCUT2D eigenvalue weighted by molar-refractivity contribution is 0.683. The molecule has 90 valence electrons. The summed E-state index contributed by atoms with van der Waals surface area (Å²) < 4.78 is 1.85. The van der Waals surface area contributed by atoms with Crippen LogP contribution in [0.5, 0.6) is 0 Å². The maximum absolute atomic E-state index is 4.31. The van der Waals surface area contributed by atoms with Crippen molar-refractivity contribution in [2.24, 2.45) is 7.05 Å². The highest BCUT2D eigenvalue weighted by Crippen LogP contribution is 2.03. The van der Waals surface area contributed by atoms with Gasteiger partial charge in [-0.1, -0.05) is 6.07 Å². The lowest BCUT2D eigenvalue weighted by Crippen LogP contribution is -2.16. The van der Waals surface area contributed by atoms with Crippen molar-refractivity contribution in [2.75, 3.05) is 6.54 Å². The maximum atomic E-state index is 4.31. The molecule has 0 saturated heterocycles. The fourth-order valence-electron chi connectivity index (χ4n) is 1.82. The van der Waals surface area contributed by atoms with Crippen LogP contribution in [0.3, 0.4) is 0 Å². The van der Waals surface area contributed by atoms with E-state index >= 15 is 0 Å². The summed E-state index contributed by atoms with van der Waals surface area (Å²) in [6, 6.07) is 4.07. The highest BCUT2D eigenvalue weighted by Gasteiger charge is 2.01. The Morgan fingerprint density at radius 3 is 2.94 bits per heavy atom. The van der Waals surface area contributed by atoms with Crippen molar-refractivity contribution in [1.29, 1.82) is 0 Å². The van der Waals surface area contributed by atoms with Crippen LogP contribution < -0.4 is 5.32 Å². The van der Waals surface area contributed by atoms with Gasteiger partial charge in [-0.25, -0.2) is 0 Å². The zero-order valence-electron chi connectivity index (χ0n) is 10.3. The number of pyridine rings is 1. The summed E-state index contributed by atoms with van der Waals surface area (Å²) in [5.41, 5.74) is 3.63. The van der Waals surface area contributed by atoms with Gasteiger partial charge in [0.15, 0.2) is 0 Å². The molecule has 0 fully saturated rings. The van der Waals surface area contributed by atoms with Crippen LogP contribution in [0.4, 0.5) is 0 Å². The molecule has 0 aliphatic carbocycles.